The van der Waals surface area contributed by atoms with Crippen LogP contribution in [0.3, 0.4) is 0 Å². The third-order valence-electron chi connectivity index (χ3n) is 6.31. The molecular formula is C23H39N3O. The highest BCUT2D eigenvalue weighted by molar-refractivity contribution is 5.37. The van der Waals surface area contributed by atoms with E-state index in [0.29, 0.717) is 6.10 Å². The van der Waals surface area contributed by atoms with E-state index in [-0.39, 0.29) is 0 Å². The minimum atomic E-state index is 0.523. The number of nitrogens with zero attached hydrogens (tertiary/aromatic N) is 3. The van der Waals surface area contributed by atoms with Crippen LogP contribution >= 0.6 is 0 Å². The first-order valence-electron chi connectivity index (χ1n) is 10.8. The molecule has 0 N–H and O–H groups in total. The summed E-state index contributed by atoms with van der Waals surface area (Å²) < 4.78 is 5.75. The number of piperazine rings is 1. The molecule has 0 bridgehead atoms. The van der Waals surface area contributed by atoms with E-state index in [1.54, 1.807) is 0 Å². The number of rotatable bonds is 8. The highest BCUT2D eigenvalue weighted by Gasteiger charge is 2.17. The standard InChI is InChI=1S/C23H39N3O/c1-19-15-20(2)22(18-26-12-10-24(3)11-13-26)16-21(19)17-25(4)9-5-7-23-8-6-14-27-23/h15-16,23H,5-14,17-18H2,1-4H3. The van der Waals surface area contributed by atoms with E-state index in [0.717, 1.165) is 26.2 Å². The molecular weight excluding hydrogens is 334 g/mol. The van der Waals surface area contributed by atoms with Gasteiger partial charge in [0.25, 0.3) is 0 Å². The summed E-state index contributed by atoms with van der Waals surface area (Å²) in [6.45, 7) is 13.5. The van der Waals surface area contributed by atoms with Crippen molar-refractivity contribution in [3.05, 3.63) is 34.4 Å². The fourth-order valence-corrected chi connectivity index (χ4v) is 4.37. The lowest BCUT2D eigenvalue weighted by Crippen LogP contribution is -2.44. The van der Waals surface area contributed by atoms with Crippen molar-refractivity contribution in [3.8, 4) is 0 Å². The second-order valence-electron chi connectivity index (χ2n) is 8.80. The van der Waals surface area contributed by atoms with E-state index >= 15 is 0 Å². The summed E-state index contributed by atoms with van der Waals surface area (Å²) in [6, 6.07) is 4.86. The van der Waals surface area contributed by atoms with Crippen molar-refractivity contribution in [2.24, 2.45) is 0 Å². The van der Waals surface area contributed by atoms with Crippen LogP contribution < -0.4 is 0 Å². The van der Waals surface area contributed by atoms with E-state index in [9.17, 15) is 0 Å². The van der Waals surface area contributed by atoms with Crippen molar-refractivity contribution in [1.82, 2.24) is 14.7 Å². The summed E-state index contributed by atoms with van der Waals surface area (Å²) in [5.74, 6) is 0. The first-order chi connectivity index (χ1) is 13.0. The molecule has 1 unspecified atom stereocenters. The molecule has 2 aliphatic rings. The van der Waals surface area contributed by atoms with Crippen molar-refractivity contribution in [2.75, 3.05) is 53.4 Å². The van der Waals surface area contributed by atoms with Crippen LogP contribution in [0, 0.1) is 13.8 Å². The predicted molar refractivity (Wildman–Crippen MR) is 113 cm³/mol. The monoisotopic (exact) mass is 373 g/mol. The van der Waals surface area contributed by atoms with Gasteiger partial charge in [0.15, 0.2) is 0 Å². The molecule has 2 heterocycles. The van der Waals surface area contributed by atoms with Gasteiger partial charge in [0.2, 0.25) is 0 Å². The summed E-state index contributed by atoms with van der Waals surface area (Å²) >= 11 is 0. The zero-order valence-electron chi connectivity index (χ0n) is 18.0. The number of aryl methyl sites for hydroxylation is 2. The minimum Gasteiger partial charge on any atom is -0.378 e. The molecule has 0 aliphatic carbocycles. The second kappa shape index (κ2) is 10.0. The summed E-state index contributed by atoms with van der Waals surface area (Å²) in [5.41, 5.74) is 5.87. The van der Waals surface area contributed by atoms with Crippen LogP contribution in [0.15, 0.2) is 12.1 Å². The molecule has 2 fully saturated rings. The maximum absolute atomic E-state index is 5.75. The summed E-state index contributed by atoms with van der Waals surface area (Å²) in [4.78, 5) is 7.51. The number of ether oxygens (including phenoxy) is 1. The molecule has 1 aromatic carbocycles. The number of benzene rings is 1. The zero-order chi connectivity index (χ0) is 19.2. The molecule has 0 aromatic heterocycles. The quantitative estimate of drug-likeness (QED) is 0.695. The highest BCUT2D eigenvalue weighted by atomic mass is 16.5. The maximum atomic E-state index is 5.75. The smallest absolute Gasteiger partial charge is 0.0576 e. The topological polar surface area (TPSA) is 19.0 Å². The molecule has 4 heteroatoms. The molecule has 1 atom stereocenters. The fourth-order valence-electron chi connectivity index (χ4n) is 4.37. The Kier molecular flexibility index (Phi) is 7.71. The van der Waals surface area contributed by atoms with Gasteiger partial charge in [-0.2, -0.15) is 0 Å². The summed E-state index contributed by atoms with van der Waals surface area (Å²) in [6.07, 6.45) is 5.48. The molecule has 3 rings (SSSR count). The molecule has 152 valence electrons. The van der Waals surface area contributed by atoms with Crippen molar-refractivity contribution in [3.63, 3.8) is 0 Å². The Labute approximate surface area is 166 Å². The van der Waals surface area contributed by atoms with Gasteiger partial charge in [0, 0.05) is 45.9 Å². The minimum absolute atomic E-state index is 0.523. The number of hydrogen-bond donors (Lipinski definition) is 0. The predicted octanol–water partition coefficient (Wildman–Crippen LogP) is 3.44. The van der Waals surface area contributed by atoms with Gasteiger partial charge in [-0.05, 0) is 82.4 Å². The average molecular weight is 374 g/mol. The molecule has 4 nitrogen and oxygen atoms in total. The van der Waals surface area contributed by atoms with Crippen molar-refractivity contribution < 1.29 is 4.74 Å². The van der Waals surface area contributed by atoms with Crippen LogP contribution in [-0.2, 0) is 17.8 Å². The Morgan fingerprint density at radius 1 is 1.07 bits per heavy atom. The Hall–Kier alpha value is -0.940. The lowest BCUT2D eigenvalue weighted by molar-refractivity contribution is 0.0995. The van der Waals surface area contributed by atoms with Crippen molar-refractivity contribution in [1.29, 1.82) is 0 Å². The van der Waals surface area contributed by atoms with Gasteiger partial charge in [-0.3, -0.25) is 4.90 Å². The molecule has 2 aliphatic heterocycles. The SMILES string of the molecule is Cc1cc(C)c(CN2CCN(C)CC2)cc1CN(C)CCCC1CCCO1. The van der Waals surface area contributed by atoms with Gasteiger partial charge >= 0.3 is 0 Å². The molecule has 0 amide bonds. The lowest BCUT2D eigenvalue weighted by Gasteiger charge is -2.33. The van der Waals surface area contributed by atoms with E-state index in [1.807, 2.05) is 0 Å². The van der Waals surface area contributed by atoms with Crippen molar-refractivity contribution >= 4 is 0 Å². The first-order valence-corrected chi connectivity index (χ1v) is 10.8. The van der Waals surface area contributed by atoms with Crippen LogP contribution in [0.2, 0.25) is 0 Å². The first kappa shape index (κ1) is 20.8. The zero-order valence-corrected chi connectivity index (χ0v) is 18.0. The van der Waals surface area contributed by atoms with Crippen LogP contribution in [0.25, 0.3) is 0 Å². The van der Waals surface area contributed by atoms with Gasteiger partial charge in [-0.25, -0.2) is 0 Å². The van der Waals surface area contributed by atoms with Crippen LogP contribution in [0.4, 0.5) is 0 Å². The Morgan fingerprint density at radius 2 is 1.81 bits per heavy atom. The Morgan fingerprint density at radius 3 is 2.52 bits per heavy atom. The molecule has 0 spiro atoms. The highest BCUT2D eigenvalue weighted by Crippen LogP contribution is 2.21. The summed E-state index contributed by atoms with van der Waals surface area (Å²) in [7, 11) is 4.48. The van der Waals surface area contributed by atoms with Gasteiger partial charge in [0.1, 0.15) is 0 Å². The van der Waals surface area contributed by atoms with E-state index in [1.165, 1.54) is 74.1 Å². The van der Waals surface area contributed by atoms with Gasteiger partial charge in [-0.1, -0.05) is 12.1 Å². The maximum Gasteiger partial charge on any atom is 0.0576 e. The third-order valence-corrected chi connectivity index (χ3v) is 6.31. The number of hydrogen-bond acceptors (Lipinski definition) is 4. The van der Waals surface area contributed by atoms with Crippen LogP contribution in [0.5, 0.6) is 0 Å². The van der Waals surface area contributed by atoms with Gasteiger partial charge < -0.3 is 14.5 Å². The average Bonchev–Trinajstić information content (AvgIpc) is 3.14. The van der Waals surface area contributed by atoms with E-state index < -0.39 is 0 Å². The van der Waals surface area contributed by atoms with E-state index in [4.69, 9.17) is 4.74 Å². The number of likely N-dealkylation sites (N-methyl/N-ethyl adjacent to an activating group) is 1. The Bertz CT molecular complexity index is 590. The molecule has 2 saturated heterocycles. The normalized spacial score (nSPS) is 22.0. The van der Waals surface area contributed by atoms with E-state index in [2.05, 4.69) is 54.8 Å². The molecule has 27 heavy (non-hydrogen) atoms. The lowest BCUT2D eigenvalue weighted by atomic mass is 9.99. The van der Waals surface area contributed by atoms with Gasteiger partial charge in [0.05, 0.1) is 6.10 Å². The van der Waals surface area contributed by atoms with Crippen molar-refractivity contribution in [2.45, 2.75) is 58.7 Å². The largest absolute Gasteiger partial charge is 0.378 e. The fraction of sp³-hybridized carbons (Fsp3) is 0.739. The van der Waals surface area contributed by atoms with Gasteiger partial charge in [-0.15, -0.1) is 0 Å². The van der Waals surface area contributed by atoms with Crippen LogP contribution in [0.1, 0.15) is 47.9 Å². The summed E-state index contributed by atoms with van der Waals surface area (Å²) in [5, 5.41) is 0. The molecule has 1 aromatic rings. The molecule has 0 radical (unpaired) electrons. The third kappa shape index (κ3) is 6.28. The second-order valence-corrected chi connectivity index (χ2v) is 8.80. The Balaban J connectivity index is 1.52. The van der Waals surface area contributed by atoms with Crippen LogP contribution in [-0.4, -0.2) is 74.2 Å². The molecule has 0 saturated carbocycles.